The molecule has 1 aliphatic rings. The molecular weight excluding hydrogens is 356 g/mol. The first-order valence-corrected chi connectivity index (χ1v) is 8.48. The van der Waals surface area contributed by atoms with Crippen LogP contribution in [-0.2, 0) is 4.74 Å². The summed E-state index contributed by atoms with van der Waals surface area (Å²) < 4.78 is 30.4. The summed E-state index contributed by atoms with van der Waals surface area (Å²) in [5, 5.41) is 7.13. The Morgan fingerprint density at radius 2 is 2.30 bits per heavy atom. The zero-order chi connectivity index (χ0) is 19.4. The number of rotatable bonds is 6. The first kappa shape index (κ1) is 19.1. The van der Waals surface area contributed by atoms with Gasteiger partial charge >= 0.3 is 0 Å². The minimum atomic E-state index is -2.81. The molecule has 144 valence electrons. The number of nitrogens with one attached hydrogen (secondary N) is 2. The van der Waals surface area contributed by atoms with E-state index in [9.17, 15) is 8.78 Å². The van der Waals surface area contributed by atoms with Gasteiger partial charge in [0.05, 0.1) is 42.0 Å². The summed E-state index contributed by atoms with van der Waals surface area (Å²) in [7, 11) is 0. The van der Waals surface area contributed by atoms with E-state index >= 15 is 0 Å². The predicted octanol–water partition coefficient (Wildman–Crippen LogP) is 1.72. The highest BCUT2D eigenvalue weighted by molar-refractivity contribution is 5.97. The normalized spacial score (nSPS) is 20.6. The van der Waals surface area contributed by atoms with Crippen molar-refractivity contribution in [3.05, 3.63) is 30.5 Å². The van der Waals surface area contributed by atoms with E-state index in [1.807, 2.05) is 13.0 Å². The summed E-state index contributed by atoms with van der Waals surface area (Å²) in [6.45, 7) is 3.69. The van der Waals surface area contributed by atoms with Gasteiger partial charge in [-0.05, 0) is 19.1 Å². The highest BCUT2D eigenvalue weighted by atomic mass is 19.3. The van der Waals surface area contributed by atoms with Gasteiger partial charge in [0.15, 0.2) is 0 Å². The second-order valence-corrected chi connectivity index (χ2v) is 6.23. The van der Waals surface area contributed by atoms with Crippen molar-refractivity contribution < 1.29 is 13.5 Å². The molecule has 0 radical (unpaired) electrons. The lowest BCUT2D eigenvalue weighted by Gasteiger charge is -2.38. The number of aromatic amines is 1. The van der Waals surface area contributed by atoms with Crippen LogP contribution in [0, 0.1) is 5.41 Å². The number of ether oxygens (including phenoxy) is 1. The maximum absolute atomic E-state index is 12.4. The molecule has 0 saturated carbocycles. The Bertz CT molecular complexity index is 823. The van der Waals surface area contributed by atoms with Crippen LogP contribution in [0.4, 0.5) is 14.6 Å². The van der Waals surface area contributed by atoms with Crippen LogP contribution in [0.5, 0.6) is 0 Å². The molecule has 3 heterocycles. The Morgan fingerprint density at radius 3 is 3.04 bits per heavy atom. The summed E-state index contributed by atoms with van der Waals surface area (Å²) in [4.78, 5) is 17.8. The first-order chi connectivity index (χ1) is 13.0. The number of alkyl halides is 2. The average Bonchev–Trinajstić information content (AvgIpc) is 3.15. The van der Waals surface area contributed by atoms with Crippen molar-refractivity contribution in [1.82, 2.24) is 19.9 Å². The minimum Gasteiger partial charge on any atom is -0.373 e. The molecule has 0 aromatic carbocycles. The van der Waals surface area contributed by atoms with E-state index in [0.717, 1.165) is 11.9 Å². The molecule has 10 heteroatoms. The maximum atomic E-state index is 12.4. The smallest absolute Gasteiger partial charge is 0.279 e. The number of anilines is 1. The van der Waals surface area contributed by atoms with E-state index in [1.165, 1.54) is 12.4 Å². The molecule has 4 N–H and O–H groups in total. The molecule has 1 saturated heterocycles. The fourth-order valence-corrected chi connectivity index (χ4v) is 2.72. The number of nitrogens with two attached hydrogens (primary N) is 1. The quantitative estimate of drug-likeness (QED) is 0.660. The van der Waals surface area contributed by atoms with Crippen molar-refractivity contribution in [2.75, 3.05) is 24.6 Å². The molecule has 2 aromatic rings. The molecule has 27 heavy (non-hydrogen) atoms. The van der Waals surface area contributed by atoms with Crippen LogP contribution in [0.3, 0.4) is 0 Å². The van der Waals surface area contributed by atoms with Crippen LogP contribution >= 0.6 is 0 Å². The summed E-state index contributed by atoms with van der Waals surface area (Å²) >= 11 is 0. The largest absolute Gasteiger partial charge is 0.373 e. The highest BCUT2D eigenvalue weighted by Crippen LogP contribution is 2.23. The fraction of sp³-hybridized carbons (Fsp3) is 0.412. The molecule has 0 aliphatic carbocycles. The van der Waals surface area contributed by atoms with Crippen molar-refractivity contribution in [3.63, 3.8) is 0 Å². The topological polar surface area (TPSA) is 117 Å². The SMILES string of the molecule is C[C@H]1CO[C@@H](CN)CN1c1cc(-c2cnc(/C=C\C(=N)C(F)F)[nH]2)ncn1. The number of halogens is 2. The number of morpholine rings is 1. The molecule has 0 bridgehead atoms. The van der Waals surface area contributed by atoms with E-state index in [2.05, 4.69) is 24.8 Å². The lowest BCUT2D eigenvalue weighted by atomic mass is 10.2. The number of H-pyrrole nitrogens is 1. The summed E-state index contributed by atoms with van der Waals surface area (Å²) in [5.74, 6) is 1.11. The van der Waals surface area contributed by atoms with Gasteiger partial charge in [-0.15, -0.1) is 0 Å². The standard InChI is InChI=1S/C17H21F2N7O/c1-10-8-27-11(5-20)7-26(10)16-4-13(23-9-24-16)14-6-22-15(25-14)3-2-12(21)17(18)19/h2-4,6,9-11,17,21H,5,7-8,20H2,1H3,(H,22,25)/b3-2-,21-12?/t10-,11-/m0/s1. The van der Waals surface area contributed by atoms with Crippen LogP contribution in [0.15, 0.2) is 24.7 Å². The van der Waals surface area contributed by atoms with Crippen molar-refractivity contribution in [1.29, 1.82) is 5.41 Å². The molecule has 8 nitrogen and oxygen atoms in total. The number of nitrogens with zero attached hydrogens (tertiary/aromatic N) is 4. The van der Waals surface area contributed by atoms with Gasteiger partial charge in [-0.1, -0.05) is 0 Å². The number of imidazole rings is 1. The van der Waals surface area contributed by atoms with Gasteiger partial charge in [0.2, 0.25) is 0 Å². The Hall–Kier alpha value is -2.72. The molecule has 0 spiro atoms. The van der Waals surface area contributed by atoms with E-state index in [4.69, 9.17) is 15.9 Å². The number of hydrogen-bond acceptors (Lipinski definition) is 7. The van der Waals surface area contributed by atoms with Gasteiger partial charge in [0.25, 0.3) is 6.43 Å². The number of allylic oxidation sites excluding steroid dienone is 1. The number of hydrogen-bond donors (Lipinski definition) is 3. The van der Waals surface area contributed by atoms with Gasteiger partial charge < -0.3 is 20.4 Å². The van der Waals surface area contributed by atoms with Crippen LogP contribution < -0.4 is 10.6 Å². The van der Waals surface area contributed by atoms with Crippen LogP contribution in [0.2, 0.25) is 0 Å². The van der Waals surface area contributed by atoms with Gasteiger partial charge in [-0.25, -0.2) is 23.7 Å². The molecular formula is C17H21F2N7O. The van der Waals surface area contributed by atoms with Gasteiger partial charge in [-0.3, -0.25) is 5.41 Å². The van der Waals surface area contributed by atoms with Crippen LogP contribution in [-0.4, -0.2) is 63.9 Å². The van der Waals surface area contributed by atoms with Gasteiger partial charge in [0.1, 0.15) is 18.0 Å². The fourth-order valence-electron chi connectivity index (χ4n) is 2.72. The van der Waals surface area contributed by atoms with E-state index in [0.29, 0.717) is 36.9 Å². The molecule has 3 rings (SSSR count). The van der Waals surface area contributed by atoms with E-state index < -0.39 is 12.1 Å². The summed E-state index contributed by atoms with van der Waals surface area (Å²) in [6.07, 6.45) is 2.51. The van der Waals surface area contributed by atoms with Crippen molar-refractivity contribution in [3.8, 4) is 11.4 Å². The minimum absolute atomic E-state index is 0.0475. The Labute approximate surface area is 155 Å². The van der Waals surface area contributed by atoms with Crippen molar-refractivity contribution in [2.45, 2.75) is 25.5 Å². The molecule has 0 amide bonds. The third kappa shape index (κ3) is 4.52. The maximum Gasteiger partial charge on any atom is 0.279 e. The van der Waals surface area contributed by atoms with E-state index in [1.54, 1.807) is 6.20 Å². The van der Waals surface area contributed by atoms with Crippen molar-refractivity contribution >= 4 is 17.6 Å². The molecule has 1 fully saturated rings. The monoisotopic (exact) mass is 377 g/mol. The van der Waals surface area contributed by atoms with Gasteiger partial charge in [-0.2, -0.15) is 0 Å². The molecule has 0 unspecified atom stereocenters. The molecule has 2 aromatic heterocycles. The van der Waals surface area contributed by atoms with Crippen molar-refractivity contribution in [2.24, 2.45) is 5.73 Å². The molecule has 1 aliphatic heterocycles. The second-order valence-electron chi connectivity index (χ2n) is 6.23. The van der Waals surface area contributed by atoms with Crippen LogP contribution in [0.1, 0.15) is 12.7 Å². The summed E-state index contributed by atoms with van der Waals surface area (Å²) in [5.41, 5.74) is 6.19. The lowest BCUT2D eigenvalue weighted by molar-refractivity contribution is 0.0280. The Morgan fingerprint density at radius 1 is 1.48 bits per heavy atom. The number of aromatic nitrogens is 4. The van der Waals surface area contributed by atoms with E-state index in [-0.39, 0.29) is 12.1 Å². The highest BCUT2D eigenvalue weighted by Gasteiger charge is 2.26. The third-order valence-electron chi connectivity index (χ3n) is 4.24. The third-order valence-corrected chi connectivity index (χ3v) is 4.24. The zero-order valence-corrected chi connectivity index (χ0v) is 14.8. The Kier molecular flexibility index (Phi) is 5.87. The van der Waals surface area contributed by atoms with Crippen LogP contribution in [0.25, 0.3) is 17.5 Å². The predicted molar refractivity (Wildman–Crippen MR) is 98.0 cm³/mol. The zero-order valence-electron chi connectivity index (χ0n) is 14.8. The van der Waals surface area contributed by atoms with Gasteiger partial charge in [0, 0.05) is 19.2 Å². The first-order valence-electron chi connectivity index (χ1n) is 8.48. The lowest BCUT2D eigenvalue weighted by Crippen LogP contribution is -2.51. The second kappa shape index (κ2) is 8.31. The average molecular weight is 377 g/mol. The molecule has 2 atom stereocenters. The summed E-state index contributed by atoms with van der Waals surface area (Å²) in [6, 6.07) is 1.98. The Balaban J connectivity index is 1.79.